The molecule has 0 saturated heterocycles. The Kier molecular flexibility index (Phi) is 5.51. The van der Waals surface area contributed by atoms with Crippen LogP contribution < -0.4 is 11.5 Å². The van der Waals surface area contributed by atoms with Gasteiger partial charge in [0.2, 0.25) is 5.91 Å². The summed E-state index contributed by atoms with van der Waals surface area (Å²) < 4.78 is 0. The highest BCUT2D eigenvalue weighted by molar-refractivity contribution is 5.92. The first-order valence-corrected chi connectivity index (χ1v) is 6.69. The molecule has 0 aromatic heterocycles. The van der Waals surface area contributed by atoms with E-state index < -0.39 is 0 Å². The molecule has 0 unspecified atom stereocenters. The van der Waals surface area contributed by atoms with Crippen molar-refractivity contribution in [2.45, 2.75) is 27.3 Å². The second-order valence-corrected chi connectivity index (χ2v) is 5.74. The molecule has 0 heterocycles. The van der Waals surface area contributed by atoms with Gasteiger partial charge in [-0.3, -0.25) is 9.69 Å². The van der Waals surface area contributed by atoms with Crippen molar-refractivity contribution in [3.63, 3.8) is 0 Å². The van der Waals surface area contributed by atoms with Gasteiger partial charge < -0.3 is 11.5 Å². The Bertz CT molecular complexity index is 429. The number of carbonyl (C=O) groups is 1. The van der Waals surface area contributed by atoms with Gasteiger partial charge in [-0.05, 0) is 36.2 Å². The quantitative estimate of drug-likeness (QED) is 0.784. The van der Waals surface area contributed by atoms with Gasteiger partial charge in [-0.2, -0.15) is 0 Å². The Hall–Kier alpha value is -1.39. The number of rotatable bonds is 7. The number of hydrogen-bond donors (Lipinski definition) is 2. The summed E-state index contributed by atoms with van der Waals surface area (Å²) in [7, 11) is 0. The topological polar surface area (TPSA) is 72.3 Å². The van der Waals surface area contributed by atoms with Gasteiger partial charge in [0.25, 0.3) is 0 Å². The summed E-state index contributed by atoms with van der Waals surface area (Å²) in [5, 5.41) is 0. The van der Waals surface area contributed by atoms with Crippen molar-refractivity contribution in [3.05, 3.63) is 35.4 Å². The summed E-state index contributed by atoms with van der Waals surface area (Å²) in [6.07, 6.45) is 0. The maximum absolute atomic E-state index is 11.2. The zero-order valence-corrected chi connectivity index (χ0v) is 12.1. The molecule has 1 amide bonds. The fourth-order valence-electron chi connectivity index (χ4n) is 2.03. The summed E-state index contributed by atoms with van der Waals surface area (Å²) >= 11 is 0. The average Bonchev–Trinajstić information content (AvgIpc) is 2.38. The molecule has 0 aliphatic heterocycles. The number of primary amides is 1. The molecule has 0 aliphatic rings. The van der Waals surface area contributed by atoms with Crippen LogP contribution in [0.25, 0.3) is 0 Å². The van der Waals surface area contributed by atoms with Crippen LogP contribution in [0.3, 0.4) is 0 Å². The Morgan fingerprint density at radius 3 is 2.58 bits per heavy atom. The molecule has 0 atom stereocenters. The van der Waals surface area contributed by atoms with Crippen LogP contribution in [0.15, 0.2) is 24.3 Å². The molecule has 1 aromatic rings. The van der Waals surface area contributed by atoms with Crippen LogP contribution in [0.4, 0.5) is 0 Å². The first kappa shape index (κ1) is 15.7. The Labute approximate surface area is 115 Å². The minimum atomic E-state index is -0.382. The summed E-state index contributed by atoms with van der Waals surface area (Å²) in [5.74, 6) is -0.382. The van der Waals surface area contributed by atoms with E-state index in [9.17, 15) is 4.79 Å². The number of benzene rings is 1. The van der Waals surface area contributed by atoms with E-state index >= 15 is 0 Å². The van der Waals surface area contributed by atoms with Crippen LogP contribution >= 0.6 is 0 Å². The highest BCUT2D eigenvalue weighted by Crippen LogP contribution is 2.17. The van der Waals surface area contributed by atoms with E-state index in [0.29, 0.717) is 12.1 Å². The predicted octanol–water partition coefficient (Wildman–Crippen LogP) is 1.59. The van der Waals surface area contributed by atoms with Crippen molar-refractivity contribution in [2.24, 2.45) is 16.9 Å². The largest absolute Gasteiger partial charge is 0.366 e. The van der Waals surface area contributed by atoms with E-state index in [-0.39, 0.29) is 11.3 Å². The first-order chi connectivity index (χ1) is 8.88. The van der Waals surface area contributed by atoms with Crippen LogP contribution in [0, 0.1) is 5.41 Å². The normalized spacial score (nSPS) is 11.8. The molecule has 106 valence electrons. The molecule has 4 nitrogen and oxygen atoms in total. The fraction of sp³-hybridized carbons (Fsp3) is 0.533. The van der Waals surface area contributed by atoms with Gasteiger partial charge in [0.05, 0.1) is 0 Å². The number of hydrogen-bond acceptors (Lipinski definition) is 3. The molecule has 4 N–H and O–H groups in total. The number of nitrogens with zero attached hydrogens (tertiary/aromatic N) is 1. The van der Waals surface area contributed by atoms with Crippen LogP contribution in [-0.2, 0) is 6.54 Å². The number of carbonyl (C=O) groups excluding carboxylic acids is 1. The van der Waals surface area contributed by atoms with Gasteiger partial charge in [0.15, 0.2) is 0 Å². The molecule has 0 radical (unpaired) electrons. The minimum absolute atomic E-state index is 0.0946. The highest BCUT2D eigenvalue weighted by atomic mass is 16.1. The fourth-order valence-corrected chi connectivity index (χ4v) is 2.03. The predicted molar refractivity (Wildman–Crippen MR) is 78.7 cm³/mol. The molecule has 0 fully saturated rings. The van der Waals surface area contributed by atoms with Gasteiger partial charge in [-0.15, -0.1) is 0 Å². The lowest BCUT2D eigenvalue weighted by Gasteiger charge is -2.31. The van der Waals surface area contributed by atoms with E-state index in [1.54, 1.807) is 6.07 Å². The third-order valence-corrected chi connectivity index (χ3v) is 3.27. The Morgan fingerprint density at radius 1 is 1.37 bits per heavy atom. The van der Waals surface area contributed by atoms with Gasteiger partial charge in [-0.1, -0.05) is 32.9 Å². The van der Waals surface area contributed by atoms with E-state index in [1.807, 2.05) is 18.2 Å². The second-order valence-electron chi connectivity index (χ2n) is 5.74. The second kappa shape index (κ2) is 6.68. The molecule has 0 saturated carbocycles. The van der Waals surface area contributed by atoms with E-state index in [2.05, 4.69) is 25.7 Å². The van der Waals surface area contributed by atoms with Crippen LogP contribution in [-0.4, -0.2) is 30.4 Å². The standard InChI is InChI=1S/C15H25N3O/c1-4-18(11-15(2,3)10-16)9-12-6-5-7-13(8-12)14(17)19/h5-8H,4,9-11,16H2,1-3H3,(H2,17,19). The van der Waals surface area contributed by atoms with Crippen molar-refractivity contribution in [1.29, 1.82) is 0 Å². The zero-order valence-electron chi connectivity index (χ0n) is 12.1. The molecule has 1 aromatic carbocycles. The summed E-state index contributed by atoms with van der Waals surface area (Å²) in [6.45, 7) is 9.80. The Balaban J connectivity index is 2.76. The van der Waals surface area contributed by atoms with E-state index in [1.165, 1.54) is 0 Å². The maximum Gasteiger partial charge on any atom is 0.248 e. The molecular weight excluding hydrogens is 238 g/mol. The molecular formula is C15H25N3O. The molecule has 0 aliphatic carbocycles. The monoisotopic (exact) mass is 263 g/mol. The highest BCUT2D eigenvalue weighted by Gasteiger charge is 2.19. The summed E-state index contributed by atoms with van der Waals surface area (Å²) in [4.78, 5) is 13.5. The SMILES string of the molecule is CCN(Cc1cccc(C(N)=O)c1)CC(C)(C)CN. The van der Waals surface area contributed by atoms with Gasteiger partial charge in [0.1, 0.15) is 0 Å². The smallest absolute Gasteiger partial charge is 0.248 e. The maximum atomic E-state index is 11.2. The van der Waals surface area contributed by atoms with Crippen LogP contribution in [0.5, 0.6) is 0 Å². The lowest BCUT2D eigenvalue weighted by atomic mass is 9.93. The van der Waals surface area contributed by atoms with Crippen molar-refractivity contribution < 1.29 is 4.79 Å². The van der Waals surface area contributed by atoms with Crippen molar-refractivity contribution >= 4 is 5.91 Å². The molecule has 19 heavy (non-hydrogen) atoms. The summed E-state index contributed by atoms with van der Waals surface area (Å²) in [6, 6.07) is 7.49. The van der Waals surface area contributed by atoms with E-state index in [4.69, 9.17) is 11.5 Å². The van der Waals surface area contributed by atoms with Crippen molar-refractivity contribution in [3.8, 4) is 0 Å². The molecule has 0 bridgehead atoms. The number of nitrogens with two attached hydrogens (primary N) is 2. The third kappa shape index (κ3) is 5.01. The molecule has 4 heteroatoms. The van der Waals surface area contributed by atoms with Gasteiger partial charge >= 0.3 is 0 Å². The van der Waals surface area contributed by atoms with Crippen molar-refractivity contribution in [2.75, 3.05) is 19.6 Å². The lowest BCUT2D eigenvalue weighted by Crippen LogP contribution is -2.38. The van der Waals surface area contributed by atoms with Gasteiger partial charge in [0, 0.05) is 18.7 Å². The third-order valence-electron chi connectivity index (χ3n) is 3.27. The van der Waals surface area contributed by atoms with Crippen LogP contribution in [0.1, 0.15) is 36.7 Å². The van der Waals surface area contributed by atoms with Gasteiger partial charge in [-0.25, -0.2) is 0 Å². The lowest BCUT2D eigenvalue weighted by molar-refractivity contribution is 0.1000. The first-order valence-electron chi connectivity index (χ1n) is 6.69. The molecule has 1 rings (SSSR count). The average molecular weight is 263 g/mol. The summed E-state index contributed by atoms with van der Waals surface area (Å²) in [5.41, 5.74) is 12.8. The zero-order chi connectivity index (χ0) is 14.5. The van der Waals surface area contributed by atoms with E-state index in [0.717, 1.165) is 25.2 Å². The minimum Gasteiger partial charge on any atom is -0.366 e. The molecule has 0 spiro atoms. The Morgan fingerprint density at radius 2 is 2.05 bits per heavy atom. The van der Waals surface area contributed by atoms with Crippen LogP contribution in [0.2, 0.25) is 0 Å². The van der Waals surface area contributed by atoms with Crippen molar-refractivity contribution in [1.82, 2.24) is 4.90 Å². The number of amides is 1.